The molecule has 0 radical (unpaired) electrons. The Labute approximate surface area is 127 Å². The molecule has 120 valence electrons. The number of nitrogens with zero attached hydrogens (tertiary/aromatic N) is 2. The summed E-state index contributed by atoms with van der Waals surface area (Å²) >= 11 is 0. The zero-order valence-corrected chi connectivity index (χ0v) is 12.9. The third-order valence-electron chi connectivity index (χ3n) is 4.65. The lowest BCUT2D eigenvalue weighted by Gasteiger charge is -2.32. The summed E-state index contributed by atoms with van der Waals surface area (Å²) in [6.07, 6.45) is 1.93. The number of rotatable bonds is 3. The summed E-state index contributed by atoms with van der Waals surface area (Å²) in [7, 11) is 3.45. The van der Waals surface area contributed by atoms with Crippen molar-refractivity contribution in [2.45, 2.75) is 44.2 Å². The summed E-state index contributed by atoms with van der Waals surface area (Å²) in [6, 6.07) is 4.89. The van der Waals surface area contributed by atoms with E-state index >= 15 is 0 Å². The summed E-state index contributed by atoms with van der Waals surface area (Å²) in [6.45, 7) is 0.388. The molecule has 0 bridgehead atoms. The number of imidazole rings is 1. The molecular formula is C16H21F2N3O. The van der Waals surface area contributed by atoms with E-state index in [0.717, 1.165) is 23.0 Å². The monoisotopic (exact) mass is 309 g/mol. The predicted molar refractivity (Wildman–Crippen MR) is 82.2 cm³/mol. The van der Waals surface area contributed by atoms with Crippen LogP contribution < -0.4 is 11.0 Å². The quantitative estimate of drug-likeness (QED) is 0.946. The summed E-state index contributed by atoms with van der Waals surface area (Å²) in [5.74, 6) is -2.62. The zero-order valence-electron chi connectivity index (χ0n) is 12.9. The molecule has 1 saturated carbocycles. The maximum atomic E-state index is 13.8. The average Bonchev–Trinajstić information content (AvgIpc) is 2.70. The Kier molecular flexibility index (Phi) is 3.80. The third-order valence-corrected chi connectivity index (χ3v) is 4.65. The van der Waals surface area contributed by atoms with Crippen LogP contribution >= 0.6 is 0 Å². The maximum absolute atomic E-state index is 13.8. The van der Waals surface area contributed by atoms with Gasteiger partial charge in [0, 0.05) is 27.1 Å². The molecule has 4 nitrogen and oxygen atoms in total. The number of hydrogen-bond donors (Lipinski definition) is 1. The van der Waals surface area contributed by atoms with Gasteiger partial charge in [-0.15, -0.1) is 0 Å². The highest BCUT2D eigenvalue weighted by Gasteiger charge is 2.40. The van der Waals surface area contributed by atoms with Crippen molar-refractivity contribution in [3.8, 4) is 0 Å². The molecule has 3 rings (SSSR count). The molecule has 1 atom stereocenters. The Bertz CT molecular complexity index is 748. The first-order valence-electron chi connectivity index (χ1n) is 7.66. The van der Waals surface area contributed by atoms with Crippen LogP contribution in [0.1, 0.15) is 31.2 Å². The Morgan fingerprint density at radius 2 is 1.95 bits per heavy atom. The highest BCUT2D eigenvalue weighted by atomic mass is 19.3. The van der Waals surface area contributed by atoms with Crippen molar-refractivity contribution in [1.29, 1.82) is 0 Å². The number of aromatic nitrogens is 2. The van der Waals surface area contributed by atoms with Crippen LogP contribution in [0.5, 0.6) is 0 Å². The number of aryl methyl sites for hydroxylation is 2. The first kappa shape index (κ1) is 15.2. The SMILES string of the molecule is Cn1c(=O)n(C)c2cc(CNC3CCCCC3(F)F)ccc21. The van der Waals surface area contributed by atoms with Gasteiger partial charge in [-0.3, -0.25) is 9.13 Å². The molecule has 0 amide bonds. The summed E-state index contributed by atoms with van der Waals surface area (Å²) in [4.78, 5) is 11.9. The highest BCUT2D eigenvalue weighted by molar-refractivity contribution is 5.76. The van der Waals surface area contributed by atoms with Crippen LogP contribution in [0, 0.1) is 0 Å². The predicted octanol–water partition coefficient (Wildman–Crippen LogP) is 2.54. The first-order chi connectivity index (χ1) is 10.4. The second-order valence-electron chi connectivity index (χ2n) is 6.16. The maximum Gasteiger partial charge on any atom is 0.328 e. The van der Waals surface area contributed by atoms with Gasteiger partial charge in [-0.25, -0.2) is 13.6 Å². The second-order valence-corrected chi connectivity index (χ2v) is 6.16. The van der Waals surface area contributed by atoms with Crippen molar-refractivity contribution in [3.05, 3.63) is 34.2 Å². The van der Waals surface area contributed by atoms with Gasteiger partial charge < -0.3 is 5.32 Å². The van der Waals surface area contributed by atoms with Gasteiger partial charge in [0.15, 0.2) is 0 Å². The van der Waals surface area contributed by atoms with Crippen molar-refractivity contribution >= 4 is 11.0 Å². The van der Waals surface area contributed by atoms with Gasteiger partial charge in [0.25, 0.3) is 5.92 Å². The van der Waals surface area contributed by atoms with Gasteiger partial charge in [0.1, 0.15) is 0 Å². The van der Waals surface area contributed by atoms with Gasteiger partial charge in [-0.1, -0.05) is 12.5 Å². The fraction of sp³-hybridized carbons (Fsp3) is 0.562. The van der Waals surface area contributed by atoms with Crippen LogP contribution in [0.3, 0.4) is 0 Å². The van der Waals surface area contributed by atoms with Crippen molar-refractivity contribution in [3.63, 3.8) is 0 Å². The summed E-state index contributed by atoms with van der Waals surface area (Å²) in [5.41, 5.74) is 2.50. The molecular weight excluding hydrogens is 288 g/mol. The standard InChI is InChI=1S/C16H21F2N3O/c1-20-12-7-6-11(9-13(12)21(2)15(20)22)10-19-14-5-3-4-8-16(14,17)18/h6-7,9,14,19H,3-5,8,10H2,1-2H3. The number of benzene rings is 1. The molecule has 1 N–H and O–H groups in total. The minimum atomic E-state index is -2.62. The Morgan fingerprint density at radius 3 is 2.68 bits per heavy atom. The molecule has 1 aliphatic rings. The number of hydrogen-bond acceptors (Lipinski definition) is 2. The molecule has 1 unspecified atom stereocenters. The first-order valence-corrected chi connectivity index (χ1v) is 7.66. The van der Waals surface area contributed by atoms with Crippen molar-refractivity contribution in [2.24, 2.45) is 14.1 Å². The molecule has 1 fully saturated rings. The summed E-state index contributed by atoms with van der Waals surface area (Å²) in [5, 5.41) is 2.99. The van der Waals surface area contributed by atoms with E-state index in [4.69, 9.17) is 0 Å². The van der Waals surface area contributed by atoms with Gasteiger partial charge >= 0.3 is 5.69 Å². The van der Waals surface area contributed by atoms with Gasteiger partial charge in [0.05, 0.1) is 17.1 Å². The van der Waals surface area contributed by atoms with E-state index in [2.05, 4.69) is 5.32 Å². The average molecular weight is 309 g/mol. The number of alkyl halides is 2. The van der Waals surface area contributed by atoms with Crippen molar-refractivity contribution in [2.75, 3.05) is 0 Å². The minimum Gasteiger partial charge on any atom is -0.305 e. The molecule has 6 heteroatoms. The van der Waals surface area contributed by atoms with E-state index in [-0.39, 0.29) is 12.1 Å². The molecule has 0 aliphatic heterocycles. The van der Waals surface area contributed by atoms with E-state index in [1.807, 2.05) is 18.2 Å². The molecule has 0 saturated heterocycles. The minimum absolute atomic E-state index is 0.0309. The molecule has 1 aromatic heterocycles. The molecule has 1 aromatic carbocycles. The Morgan fingerprint density at radius 1 is 1.23 bits per heavy atom. The van der Waals surface area contributed by atoms with Crippen LogP contribution in [-0.2, 0) is 20.6 Å². The second kappa shape index (κ2) is 5.50. The van der Waals surface area contributed by atoms with Gasteiger partial charge in [-0.05, 0) is 30.5 Å². The van der Waals surface area contributed by atoms with Crippen LogP contribution in [0.2, 0.25) is 0 Å². The molecule has 1 aliphatic carbocycles. The van der Waals surface area contributed by atoms with Gasteiger partial charge in [-0.2, -0.15) is 0 Å². The fourth-order valence-corrected chi connectivity index (χ4v) is 3.25. The third kappa shape index (κ3) is 2.56. The number of halogens is 2. The smallest absolute Gasteiger partial charge is 0.305 e. The summed E-state index contributed by atoms with van der Waals surface area (Å²) < 4.78 is 30.8. The number of nitrogens with one attached hydrogen (secondary N) is 1. The van der Waals surface area contributed by atoms with E-state index < -0.39 is 12.0 Å². The van der Waals surface area contributed by atoms with Gasteiger partial charge in [0.2, 0.25) is 0 Å². The van der Waals surface area contributed by atoms with E-state index in [1.54, 1.807) is 23.2 Å². The molecule has 0 spiro atoms. The normalized spacial score (nSPS) is 21.4. The van der Waals surface area contributed by atoms with Crippen molar-refractivity contribution < 1.29 is 8.78 Å². The van der Waals surface area contributed by atoms with E-state index in [9.17, 15) is 13.6 Å². The van der Waals surface area contributed by atoms with Crippen LogP contribution in [0.15, 0.2) is 23.0 Å². The van der Waals surface area contributed by atoms with Crippen LogP contribution in [0.25, 0.3) is 11.0 Å². The highest BCUT2D eigenvalue weighted by Crippen LogP contribution is 2.33. The molecule has 22 heavy (non-hydrogen) atoms. The van der Waals surface area contributed by atoms with E-state index in [0.29, 0.717) is 19.4 Å². The lowest BCUT2D eigenvalue weighted by Crippen LogP contribution is -2.46. The van der Waals surface area contributed by atoms with Crippen molar-refractivity contribution in [1.82, 2.24) is 14.5 Å². The molecule has 1 heterocycles. The van der Waals surface area contributed by atoms with E-state index in [1.165, 1.54) is 0 Å². The Hall–Kier alpha value is -1.69. The number of fused-ring (bicyclic) bond motifs is 1. The topological polar surface area (TPSA) is 39.0 Å². The van der Waals surface area contributed by atoms with Crippen LogP contribution in [-0.4, -0.2) is 21.1 Å². The van der Waals surface area contributed by atoms with Crippen LogP contribution in [0.4, 0.5) is 8.78 Å². The Balaban J connectivity index is 1.80. The lowest BCUT2D eigenvalue weighted by molar-refractivity contribution is -0.0640. The lowest BCUT2D eigenvalue weighted by atomic mass is 9.91. The fourth-order valence-electron chi connectivity index (χ4n) is 3.25. The zero-order chi connectivity index (χ0) is 15.9. The molecule has 2 aromatic rings. The largest absolute Gasteiger partial charge is 0.328 e.